The molecule has 1 aromatic heterocycles. The summed E-state index contributed by atoms with van der Waals surface area (Å²) in [5.74, 6) is 0. The molecule has 0 atom stereocenters. The third-order valence-electron chi connectivity index (χ3n) is 2.41. The summed E-state index contributed by atoms with van der Waals surface area (Å²) in [4.78, 5) is 13.6. The van der Waals surface area contributed by atoms with Crippen LogP contribution in [0.2, 0.25) is 0 Å². The Labute approximate surface area is 106 Å². The van der Waals surface area contributed by atoms with Crippen LogP contribution in [-0.4, -0.2) is 41.3 Å². The number of nitrogens with one attached hydrogen (secondary N) is 2. The first-order valence-corrected chi connectivity index (χ1v) is 4.82. The summed E-state index contributed by atoms with van der Waals surface area (Å²) in [5.41, 5.74) is 0.716. The Morgan fingerprint density at radius 1 is 1.31 bits per heavy atom. The molecule has 1 fully saturated rings. The summed E-state index contributed by atoms with van der Waals surface area (Å²) >= 11 is 0. The van der Waals surface area contributed by atoms with E-state index in [1.54, 1.807) is 12.3 Å². The smallest absolute Gasteiger partial charge is 0.268 e. The Balaban J connectivity index is 0.00000112. The Bertz CT molecular complexity index is 351. The Kier molecular flexibility index (Phi) is 7.33. The fourth-order valence-corrected chi connectivity index (χ4v) is 1.61. The van der Waals surface area contributed by atoms with Crippen molar-refractivity contribution in [1.29, 1.82) is 0 Å². The maximum Gasteiger partial charge on any atom is 0.268 e. The molecule has 92 valence electrons. The lowest BCUT2D eigenvalue weighted by Crippen LogP contribution is -2.43. The number of aromatic amines is 1. The highest BCUT2D eigenvalue weighted by atomic mass is 35.5. The number of rotatable bonds is 2. The summed E-state index contributed by atoms with van der Waals surface area (Å²) in [6.07, 6.45) is 1.62. The van der Waals surface area contributed by atoms with E-state index < -0.39 is 0 Å². The molecule has 0 aliphatic carbocycles. The number of aromatic nitrogens is 2. The standard InChI is InChI=1S/C9H14N4O.2ClH/c14-9-8(1-2-11-12-9)7-13-5-3-10-4-6-13;;/h1-2,10H,3-7H2,(H,12,14);2*1H. The normalized spacial score (nSPS) is 16.0. The molecule has 1 saturated heterocycles. The van der Waals surface area contributed by atoms with Crippen LogP contribution in [0, 0.1) is 0 Å². The predicted molar refractivity (Wildman–Crippen MR) is 67.5 cm³/mol. The lowest BCUT2D eigenvalue weighted by Gasteiger charge is -2.26. The van der Waals surface area contributed by atoms with Gasteiger partial charge in [-0.2, -0.15) is 5.10 Å². The van der Waals surface area contributed by atoms with Gasteiger partial charge in [-0.15, -0.1) is 24.8 Å². The number of hydrogen-bond donors (Lipinski definition) is 2. The van der Waals surface area contributed by atoms with Gasteiger partial charge in [0.2, 0.25) is 0 Å². The van der Waals surface area contributed by atoms with Gasteiger partial charge in [-0.25, -0.2) is 5.10 Å². The summed E-state index contributed by atoms with van der Waals surface area (Å²) in [5, 5.41) is 9.39. The molecule has 0 aromatic carbocycles. The van der Waals surface area contributed by atoms with Gasteiger partial charge in [0.05, 0.1) is 0 Å². The first-order chi connectivity index (χ1) is 6.86. The number of H-pyrrole nitrogens is 1. The van der Waals surface area contributed by atoms with Crippen LogP contribution in [0.5, 0.6) is 0 Å². The molecule has 0 unspecified atom stereocenters. The van der Waals surface area contributed by atoms with Crippen LogP contribution in [0.4, 0.5) is 0 Å². The maximum absolute atomic E-state index is 11.3. The summed E-state index contributed by atoms with van der Waals surface area (Å²) in [7, 11) is 0. The zero-order valence-corrected chi connectivity index (χ0v) is 10.4. The van der Waals surface area contributed by atoms with Crippen LogP contribution < -0.4 is 10.9 Å². The monoisotopic (exact) mass is 266 g/mol. The molecule has 0 saturated carbocycles. The predicted octanol–water partition coefficient (Wildman–Crippen LogP) is 0.0187. The number of nitrogens with zero attached hydrogens (tertiary/aromatic N) is 2. The third kappa shape index (κ3) is 4.09. The lowest BCUT2D eigenvalue weighted by atomic mass is 10.2. The van der Waals surface area contributed by atoms with Crippen LogP contribution in [0.3, 0.4) is 0 Å². The minimum absolute atomic E-state index is 0. The van der Waals surface area contributed by atoms with Crippen molar-refractivity contribution in [3.8, 4) is 0 Å². The molecule has 2 heterocycles. The molecule has 0 radical (unpaired) electrons. The van der Waals surface area contributed by atoms with E-state index in [1.165, 1.54) is 0 Å². The molecule has 0 bridgehead atoms. The van der Waals surface area contributed by atoms with E-state index in [9.17, 15) is 4.79 Å². The van der Waals surface area contributed by atoms with E-state index in [2.05, 4.69) is 20.4 Å². The molecule has 2 N–H and O–H groups in total. The van der Waals surface area contributed by atoms with E-state index in [0.29, 0.717) is 0 Å². The van der Waals surface area contributed by atoms with E-state index in [4.69, 9.17) is 0 Å². The average molecular weight is 267 g/mol. The highest BCUT2D eigenvalue weighted by Crippen LogP contribution is 1.99. The van der Waals surface area contributed by atoms with Crippen LogP contribution in [0.1, 0.15) is 5.56 Å². The van der Waals surface area contributed by atoms with Crippen molar-refractivity contribution in [3.63, 3.8) is 0 Å². The number of piperazine rings is 1. The largest absolute Gasteiger partial charge is 0.314 e. The zero-order valence-electron chi connectivity index (χ0n) is 8.81. The van der Waals surface area contributed by atoms with Crippen molar-refractivity contribution in [2.24, 2.45) is 0 Å². The third-order valence-corrected chi connectivity index (χ3v) is 2.41. The fraction of sp³-hybridized carbons (Fsp3) is 0.556. The van der Waals surface area contributed by atoms with Gasteiger partial charge in [0.15, 0.2) is 0 Å². The average Bonchev–Trinajstić information content (AvgIpc) is 2.23. The van der Waals surface area contributed by atoms with Crippen LogP contribution in [-0.2, 0) is 6.54 Å². The summed E-state index contributed by atoms with van der Waals surface area (Å²) in [6.45, 7) is 4.73. The molecule has 2 rings (SSSR count). The first kappa shape index (κ1) is 15.4. The molecule has 7 heteroatoms. The quantitative estimate of drug-likeness (QED) is 0.793. The Morgan fingerprint density at radius 3 is 2.62 bits per heavy atom. The van der Waals surface area contributed by atoms with Crippen molar-refractivity contribution < 1.29 is 0 Å². The second-order valence-corrected chi connectivity index (χ2v) is 3.44. The van der Waals surface area contributed by atoms with Crippen molar-refractivity contribution in [1.82, 2.24) is 20.4 Å². The molecule has 16 heavy (non-hydrogen) atoms. The van der Waals surface area contributed by atoms with Crippen LogP contribution in [0.25, 0.3) is 0 Å². The van der Waals surface area contributed by atoms with Gasteiger partial charge in [-0.1, -0.05) is 0 Å². The highest BCUT2D eigenvalue weighted by molar-refractivity contribution is 5.85. The molecule has 1 aliphatic heterocycles. The van der Waals surface area contributed by atoms with Gasteiger partial charge in [-0.05, 0) is 6.07 Å². The minimum Gasteiger partial charge on any atom is -0.314 e. The van der Waals surface area contributed by atoms with Crippen molar-refractivity contribution in [3.05, 3.63) is 28.2 Å². The summed E-state index contributed by atoms with van der Waals surface area (Å²) < 4.78 is 0. The minimum atomic E-state index is -0.0777. The molecule has 1 aliphatic rings. The Morgan fingerprint density at radius 2 is 2.00 bits per heavy atom. The second-order valence-electron chi connectivity index (χ2n) is 3.44. The van der Waals surface area contributed by atoms with Gasteiger partial charge in [0.25, 0.3) is 5.56 Å². The van der Waals surface area contributed by atoms with Gasteiger partial charge in [-0.3, -0.25) is 9.69 Å². The van der Waals surface area contributed by atoms with E-state index in [-0.39, 0.29) is 30.4 Å². The van der Waals surface area contributed by atoms with E-state index in [1.807, 2.05) is 0 Å². The number of halogens is 2. The molecular weight excluding hydrogens is 251 g/mol. The van der Waals surface area contributed by atoms with E-state index >= 15 is 0 Å². The topological polar surface area (TPSA) is 61.0 Å². The van der Waals surface area contributed by atoms with Gasteiger partial charge in [0.1, 0.15) is 0 Å². The summed E-state index contributed by atoms with van der Waals surface area (Å²) in [6, 6.07) is 1.78. The van der Waals surface area contributed by atoms with Gasteiger partial charge < -0.3 is 5.32 Å². The molecule has 5 nitrogen and oxygen atoms in total. The highest BCUT2D eigenvalue weighted by Gasteiger charge is 2.11. The fourth-order valence-electron chi connectivity index (χ4n) is 1.61. The second kappa shape index (κ2) is 7.62. The molecule has 1 aromatic rings. The molecular formula is C9H16Cl2N4O. The SMILES string of the molecule is Cl.Cl.O=c1[nH]nccc1CN1CCNCC1. The van der Waals surface area contributed by atoms with Gasteiger partial charge in [0, 0.05) is 44.5 Å². The van der Waals surface area contributed by atoms with Crippen LogP contribution >= 0.6 is 24.8 Å². The maximum atomic E-state index is 11.3. The zero-order chi connectivity index (χ0) is 9.80. The molecule has 0 spiro atoms. The van der Waals surface area contributed by atoms with Crippen molar-refractivity contribution >= 4 is 24.8 Å². The molecule has 0 amide bonds. The van der Waals surface area contributed by atoms with E-state index in [0.717, 1.165) is 38.3 Å². The van der Waals surface area contributed by atoms with Crippen molar-refractivity contribution in [2.75, 3.05) is 26.2 Å². The van der Waals surface area contributed by atoms with Crippen LogP contribution in [0.15, 0.2) is 17.1 Å². The Hall–Kier alpha value is -0.620. The van der Waals surface area contributed by atoms with Gasteiger partial charge >= 0.3 is 0 Å². The first-order valence-electron chi connectivity index (χ1n) is 4.82. The van der Waals surface area contributed by atoms with Crippen molar-refractivity contribution in [2.45, 2.75) is 6.54 Å². The lowest BCUT2D eigenvalue weighted by molar-refractivity contribution is 0.232. The number of hydrogen-bond acceptors (Lipinski definition) is 4.